The molecule has 2 aromatic carbocycles. The molecule has 0 aliphatic rings. The van der Waals surface area contributed by atoms with Crippen LogP contribution in [0.4, 0.5) is 5.69 Å². The van der Waals surface area contributed by atoms with E-state index in [4.69, 9.17) is 5.14 Å². The van der Waals surface area contributed by atoms with Crippen molar-refractivity contribution in [2.45, 2.75) is 25.7 Å². The third-order valence-electron chi connectivity index (χ3n) is 4.24. The van der Waals surface area contributed by atoms with Gasteiger partial charge >= 0.3 is 0 Å². The second-order valence-electron chi connectivity index (χ2n) is 6.21. The van der Waals surface area contributed by atoms with E-state index < -0.39 is 10.0 Å². The standard InChI is InChI=1S/C19H19N3O3S2/c1-11-9-15(27(20,24)25)10-16(12(11)2)22-18(23)17-13(3)21-19(26-17)14-7-5-4-6-8-14/h4-10H,1-3H3,(H,22,23)(H2,20,24,25). The second-order valence-corrected chi connectivity index (χ2v) is 8.77. The summed E-state index contributed by atoms with van der Waals surface area (Å²) >= 11 is 1.29. The third-order valence-corrected chi connectivity index (χ3v) is 6.34. The number of nitrogens with two attached hydrogens (primary N) is 1. The van der Waals surface area contributed by atoms with Crippen molar-refractivity contribution in [1.29, 1.82) is 0 Å². The zero-order valence-electron chi connectivity index (χ0n) is 15.1. The summed E-state index contributed by atoms with van der Waals surface area (Å²) in [6.07, 6.45) is 0. The Balaban J connectivity index is 1.95. The monoisotopic (exact) mass is 401 g/mol. The molecule has 0 fully saturated rings. The molecule has 8 heteroatoms. The van der Waals surface area contributed by atoms with Crippen molar-refractivity contribution >= 4 is 33.0 Å². The minimum atomic E-state index is -3.87. The molecule has 0 atom stereocenters. The molecule has 0 aliphatic heterocycles. The number of primary sulfonamides is 1. The first kappa shape index (κ1) is 19.2. The van der Waals surface area contributed by atoms with E-state index in [0.29, 0.717) is 16.3 Å². The number of sulfonamides is 1. The van der Waals surface area contributed by atoms with Crippen LogP contribution >= 0.6 is 11.3 Å². The van der Waals surface area contributed by atoms with E-state index in [-0.39, 0.29) is 10.8 Å². The second kappa shape index (κ2) is 7.22. The fourth-order valence-corrected chi connectivity index (χ4v) is 4.20. The van der Waals surface area contributed by atoms with Crippen molar-refractivity contribution in [2.24, 2.45) is 5.14 Å². The van der Waals surface area contributed by atoms with Crippen LogP contribution in [0.1, 0.15) is 26.5 Å². The number of hydrogen-bond donors (Lipinski definition) is 2. The lowest BCUT2D eigenvalue weighted by atomic mass is 10.1. The fourth-order valence-electron chi connectivity index (χ4n) is 2.61. The number of anilines is 1. The van der Waals surface area contributed by atoms with E-state index in [1.165, 1.54) is 23.5 Å². The Kier molecular flexibility index (Phi) is 5.14. The molecule has 3 aromatic rings. The zero-order chi connectivity index (χ0) is 19.8. The number of aromatic nitrogens is 1. The Labute approximate surface area is 162 Å². The van der Waals surface area contributed by atoms with Crippen molar-refractivity contribution in [3.05, 3.63) is 64.2 Å². The van der Waals surface area contributed by atoms with Crippen LogP contribution in [0.5, 0.6) is 0 Å². The molecule has 0 bridgehead atoms. The lowest BCUT2D eigenvalue weighted by Gasteiger charge is -2.12. The maximum atomic E-state index is 12.8. The van der Waals surface area contributed by atoms with Crippen LogP contribution in [0.3, 0.4) is 0 Å². The van der Waals surface area contributed by atoms with Gasteiger partial charge in [0, 0.05) is 11.3 Å². The minimum absolute atomic E-state index is 0.0353. The summed E-state index contributed by atoms with van der Waals surface area (Å²) in [5, 5.41) is 8.78. The summed E-state index contributed by atoms with van der Waals surface area (Å²) in [7, 11) is -3.87. The predicted octanol–water partition coefficient (Wildman–Crippen LogP) is 3.64. The van der Waals surface area contributed by atoms with Crippen molar-refractivity contribution in [1.82, 2.24) is 4.98 Å². The van der Waals surface area contributed by atoms with Crippen LogP contribution in [-0.4, -0.2) is 19.3 Å². The van der Waals surface area contributed by atoms with Gasteiger partial charge in [0.2, 0.25) is 10.0 Å². The highest BCUT2D eigenvalue weighted by molar-refractivity contribution is 7.89. The van der Waals surface area contributed by atoms with Crippen LogP contribution in [0.25, 0.3) is 10.6 Å². The van der Waals surface area contributed by atoms with Crippen LogP contribution in [-0.2, 0) is 10.0 Å². The molecule has 1 aromatic heterocycles. The first-order valence-corrected chi connectivity index (χ1v) is 10.5. The molecule has 0 saturated carbocycles. The van der Waals surface area contributed by atoms with Gasteiger partial charge in [-0.2, -0.15) is 0 Å². The van der Waals surface area contributed by atoms with Gasteiger partial charge in [0.15, 0.2) is 0 Å². The summed E-state index contributed by atoms with van der Waals surface area (Å²) in [5.41, 5.74) is 3.48. The number of amides is 1. The normalized spacial score (nSPS) is 11.4. The Morgan fingerprint density at radius 1 is 1.11 bits per heavy atom. The molecule has 0 aliphatic carbocycles. The van der Waals surface area contributed by atoms with Crippen molar-refractivity contribution < 1.29 is 13.2 Å². The number of carbonyl (C=O) groups excluding carboxylic acids is 1. The number of rotatable bonds is 4. The van der Waals surface area contributed by atoms with Gasteiger partial charge in [-0.25, -0.2) is 18.5 Å². The van der Waals surface area contributed by atoms with Gasteiger partial charge in [-0.3, -0.25) is 4.79 Å². The van der Waals surface area contributed by atoms with Crippen LogP contribution in [0, 0.1) is 20.8 Å². The van der Waals surface area contributed by atoms with Gasteiger partial charge in [-0.05, 0) is 44.0 Å². The van der Waals surface area contributed by atoms with Crippen molar-refractivity contribution in [3.8, 4) is 10.6 Å². The molecule has 1 amide bonds. The average Bonchev–Trinajstić information content (AvgIpc) is 3.00. The molecule has 3 rings (SSSR count). The average molecular weight is 402 g/mol. The van der Waals surface area contributed by atoms with E-state index in [9.17, 15) is 13.2 Å². The summed E-state index contributed by atoms with van der Waals surface area (Å²) in [4.78, 5) is 17.7. The molecule has 1 heterocycles. The SMILES string of the molecule is Cc1cc(S(N)(=O)=O)cc(NC(=O)c2sc(-c3ccccc3)nc2C)c1C. The molecule has 27 heavy (non-hydrogen) atoms. The van der Waals surface area contributed by atoms with Gasteiger partial charge in [0.25, 0.3) is 5.91 Å². The summed E-state index contributed by atoms with van der Waals surface area (Å²) in [6.45, 7) is 5.36. The smallest absolute Gasteiger partial charge is 0.267 e. The number of nitrogens with zero attached hydrogens (tertiary/aromatic N) is 1. The first-order valence-electron chi connectivity index (χ1n) is 8.15. The predicted molar refractivity (Wildman–Crippen MR) is 108 cm³/mol. The largest absolute Gasteiger partial charge is 0.321 e. The molecule has 0 spiro atoms. The highest BCUT2D eigenvalue weighted by atomic mass is 32.2. The van der Waals surface area contributed by atoms with Crippen LogP contribution in [0.15, 0.2) is 47.4 Å². The van der Waals surface area contributed by atoms with E-state index in [1.807, 2.05) is 37.3 Å². The zero-order valence-corrected chi connectivity index (χ0v) is 16.7. The Hall–Kier alpha value is -2.55. The highest BCUT2D eigenvalue weighted by Gasteiger charge is 2.19. The maximum Gasteiger partial charge on any atom is 0.267 e. The summed E-state index contributed by atoms with van der Waals surface area (Å²) < 4.78 is 23.4. The van der Waals surface area contributed by atoms with E-state index in [2.05, 4.69) is 10.3 Å². The lowest BCUT2D eigenvalue weighted by Crippen LogP contribution is -2.16. The molecular weight excluding hydrogens is 382 g/mol. The third kappa shape index (κ3) is 4.08. The lowest BCUT2D eigenvalue weighted by molar-refractivity contribution is 0.102. The van der Waals surface area contributed by atoms with Gasteiger partial charge in [-0.1, -0.05) is 30.3 Å². The summed E-state index contributed by atoms with van der Waals surface area (Å²) in [6, 6.07) is 12.5. The fraction of sp³-hybridized carbons (Fsp3) is 0.158. The van der Waals surface area contributed by atoms with Gasteiger partial charge in [0.05, 0.1) is 10.6 Å². The Morgan fingerprint density at radius 3 is 2.41 bits per heavy atom. The quantitative estimate of drug-likeness (QED) is 0.697. The Bertz CT molecular complexity index is 1120. The van der Waals surface area contributed by atoms with Crippen molar-refractivity contribution in [3.63, 3.8) is 0 Å². The number of thiazole rings is 1. The molecule has 140 valence electrons. The topological polar surface area (TPSA) is 102 Å². The Morgan fingerprint density at radius 2 is 1.78 bits per heavy atom. The highest BCUT2D eigenvalue weighted by Crippen LogP contribution is 2.29. The van der Waals surface area contributed by atoms with Crippen LogP contribution < -0.4 is 10.5 Å². The van der Waals surface area contributed by atoms with E-state index >= 15 is 0 Å². The number of hydrogen-bond acceptors (Lipinski definition) is 5. The van der Waals surface area contributed by atoms with Gasteiger partial charge in [0.1, 0.15) is 9.88 Å². The number of carbonyl (C=O) groups is 1. The van der Waals surface area contributed by atoms with Gasteiger partial charge < -0.3 is 5.32 Å². The van der Waals surface area contributed by atoms with Crippen molar-refractivity contribution in [2.75, 3.05) is 5.32 Å². The molecule has 0 unspecified atom stereocenters. The summed E-state index contributed by atoms with van der Waals surface area (Å²) in [5.74, 6) is -0.332. The van der Waals surface area contributed by atoms with E-state index in [1.54, 1.807) is 13.8 Å². The molecular formula is C19H19N3O3S2. The number of benzene rings is 2. The molecule has 3 N–H and O–H groups in total. The first-order chi connectivity index (χ1) is 12.7. The molecule has 0 radical (unpaired) electrons. The van der Waals surface area contributed by atoms with Crippen LogP contribution in [0.2, 0.25) is 0 Å². The molecule has 0 saturated heterocycles. The van der Waals surface area contributed by atoms with Gasteiger partial charge in [-0.15, -0.1) is 11.3 Å². The number of nitrogens with one attached hydrogen (secondary N) is 1. The molecule has 6 nitrogen and oxygen atoms in total. The number of aryl methyl sites for hydroxylation is 2. The minimum Gasteiger partial charge on any atom is -0.321 e. The van der Waals surface area contributed by atoms with E-state index in [0.717, 1.165) is 21.7 Å². The maximum absolute atomic E-state index is 12.8.